The van der Waals surface area contributed by atoms with Gasteiger partial charge in [-0.2, -0.15) is 4.57 Å². The van der Waals surface area contributed by atoms with Crippen molar-refractivity contribution in [1.82, 2.24) is 9.55 Å². The van der Waals surface area contributed by atoms with E-state index in [0.29, 0.717) is 5.69 Å². The molecule has 2 heterocycles. The Morgan fingerprint density at radius 2 is 1.51 bits per heavy atom. The molecule has 0 spiro atoms. The van der Waals surface area contributed by atoms with Crippen molar-refractivity contribution in [2.45, 2.75) is 27.3 Å². The van der Waals surface area contributed by atoms with E-state index in [1.54, 1.807) is 39.9 Å². The number of rotatable bonds is 9. The van der Waals surface area contributed by atoms with E-state index in [-0.39, 0.29) is 17.9 Å². The summed E-state index contributed by atoms with van der Waals surface area (Å²) in [5.41, 5.74) is 2.73. The van der Waals surface area contributed by atoms with Crippen molar-refractivity contribution in [3.63, 3.8) is 0 Å². The number of nitrogens with zero attached hydrogens (tertiary/aromatic N) is 3. The molecule has 0 amide bonds. The highest BCUT2D eigenvalue weighted by molar-refractivity contribution is 6.26. The third-order valence-electron chi connectivity index (χ3n) is 6.22. The molecule has 0 aliphatic rings. The summed E-state index contributed by atoms with van der Waals surface area (Å²) in [6.07, 6.45) is 5.83. The number of carbonyl (C=O) groups is 4. The summed E-state index contributed by atoms with van der Waals surface area (Å²) in [6.45, 7) is 5.98. The van der Waals surface area contributed by atoms with Gasteiger partial charge in [-0.05, 0) is 44.0 Å². The minimum absolute atomic E-state index is 0.164. The SMILES string of the molecule is COC(=O)/C=C(C(=O)OC)/C(C(=O)OC)=C(\C(=O)OC)c1n(-c2c(C)cc(C)cc2C)cc[n+]1Cc1ccccn1. The molecule has 0 bridgehead atoms. The van der Waals surface area contributed by atoms with Crippen LogP contribution in [0.3, 0.4) is 0 Å². The molecule has 3 rings (SSSR count). The minimum atomic E-state index is -1.08. The lowest BCUT2D eigenvalue weighted by Gasteiger charge is -2.15. The van der Waals surface area contributed by atoms with Gasteiger partial charge in [0.05, 0.1) is 45.3 Å². The third-order valence-corrected chi connectivity index (χ3v) is 6.22. The maximum atomic E-state index is 13.6. The van der Waals surface area contributed by atoms with Gasteiger partial charge in [-0.1, -0.05) is 23.8 Å². The average Bonchev–Trinajstić information content (AvgIpc) is 3.35. The van der Waals surface area contributed by atoms with E-state index < -0.39 is 35.0 Å². The molecule has 1 aromatic carbocycles. The van der Waals surface area contributed by atoms with Crippen molar-refractivity contribution >= 4 is 29.5 Å². The van der Waals surface area contributed by atoms with E-state index in [0.717, 1.165) is 56.9 Å². The fourth-order valence-corrected chi connectivity index (χ4v) is 4.59. The summed E-state index contributed by atoms with van der Waals surface area (Å²) < 4.78 is 23.1. The van der Waals surface area contributed by atoms with Gasteiger partial charge in [-0.15, -0.1) is 0 Å². The van der Waals surface area contributed by atoms with Gasteiger partial charge >= 0.3 is 29.7 Å². The molecule has 0 aliphatic heterocycles. The lowest BCUT2D eigenvalue weighted by atomic mass is 9.97. The van der Waals surface area contributed by atoms with Crippen LogP contribution in [-0.4, -0.2) is 61.9 Å². The zero-order valence-electron chi connectivity index (χ0n) is 24.0. The van der Waals surface area contributed by atoms with Crippen molar-refractivity contribution in [2.24, 2.45) is 0 Å². The zero-order valence-corrected chi connectivity index (χ0v) is 24.0. The number of aromatic nitrogens is 3. The first-order valence-electron chi connectivity index (χ1n) is 12.5. The number of carbonyl (C=O) groups excluding carboxylic acids is 4. The van der Waals surface area contributed by atoms with E-state index in [2.05, 4.69) is 4.98 Å². The summed E-state index contributed by atoms with van der Waals surface area (Å²) in [6, 6.07) is 9.36. The van der Waals surface area contributed by atoms with Crippen LogP contribution in [0.2, 0.25) is 0 Å². The van der Waals surface area contributed by atoms with E-state index in [1.807, 2.05) is 39.0 Å². The maximum absolute atomic E-state index is 13.6. The Kier molecular flexibility index (Phi) is 9.91. The number of hydrogen-bond donors (Lipinski definition) is 0. The van der Waals surface area contributed by atoms with Crippen LogP contribution in [0.5, 0.6) is 0 Å². The molecule has 0 unspecified atom stereocenters. The van der Waals surface area contributed by atoms with Gasteiger partial charge in [0.15, 0.2) is 5.57 Å². The molecule has 0 saturated carbocycles. The van der Waals surface area contributed by atoms with Gasteiger partial charge in [0.1, 0.15) is 24.6 Å². The van der Waals surface area contributed by atoms with Gasteiger partial charge < -0.3 is 18.9 Å². The Hall–Kier alpha value is -5.06. The van der Waals surface area contributed by atoms with Gasteiger partial charge in [0.25, 0.3) is 0 Å². The number of methoxy groups -OCH3 is 4. The number of esters is 4. The molecule has 214 valence electrons. The largest absolute Gasteiger partial charge is 0.466 e. The summed E-state index contributed by atoms with van der Waals surface area (Å²) in [5.74, 6) is -3.92. The Morgan fingerprint density at radius 3 is 2.05 bits per heavy atom. The number of aryl methyl sites for hydroxylation is 3. The quantitative estimate of drug-likeness (QED) is 0.127. The molecule has 0 atom stereocenters. The molecule has 11 heteroatoms. The number of benzene rings is 1. The van der Waals surface area contributed by atoms with Crippen molar-refractivity contribution < 1.29 is 42.7 Å². The number of pyridine rings is 1. The van der Waals surface area contributed by atoms with E-state index >= 15 is 0 Å². The molecule has 2 aromatic heterocycles. The Bertz CT molecular complexity index is 1530. The van der Waals surface area contributed by atoms with Crippen molar-refractivity contribution in [1.29, 1.82) is 0 Å². The third kappa shape index (κ3) is 6.57. The van der Waals surface area contributed by atoms with Crippen LogP contribution in [0.4, 0.5) is 0 Å². The second-order valence-corrected chi connectivity index (χ2v) is 8.99. The second-order valence-electron chi connectivity index (χ2n) is 8.99. The molecule has 0 saturated heterocycles. The number of hydrogen-bond acceptors (Lipinski definition) is 9. The molecule has 3 aromatic rings. The van der Waals surface area contributed by atoms with Gasteiger partial charge in [0.2, 0.25) is 0 Å². The molecule has 0 aliphatic carbocycles. The monoisotopic (exact) mass is 562 g/mol. The smallest absolute Gasteiger partial charge is 0.347 e. The topological polar surface area (TPSA) is 127 Å². The number of imidazole rings is 1. The van der Waals surface area contributed by atoms with Crippen molar-refractivity contribution in [3.8, 4) is 5.69 Å². The van der Waals surface area contributed by atoms with Crippen LogP contribution in [0, 0.1) is 20.8 Å². The molecule has 0 radical (unpaired) electrons. The Labute approximate surface area is 237 Å². The fraction of sp³-hybridized carbons (Fsp3) is 0.267. The standard InChI is InChI=1S/C30H32N3O8/c1-18-14-19(2)26(20(3)15-18)33-13-12-32(17-21-10-8-9-11-31-21)27(33)25(30(37)41-7)24(29(36)40-6)22(28(35)39-5)16-23(34)38-4/h8-16H,17H2,1-7H3/q+1/b22-16-,25-24+. The fourth-order valence-electron chi connectivity index (χ4n) is 4.59. The first-order chi connectivity index (χ1) is 19.6. The maximum Gasteiger partial charge on any atom is 0.347 e. The van der Waals surface area contributed by atoms with Crippen LogP contribution < -0.4 is 4.57 Å². The Balaban J connectivity index is 2.58. The molecule has 0 fully saturated rings. The summed E-state index contributed by atoms with van der Waals surface area (Å²) in [4.78, 5) is 56.7. The van der Waals surface area contributed by atoms with Crippen LogP contribution in [0.25, 0.3) is 11.3 Å². The lowest BCUT2D eigenvalue weighted by molar-refractivity contribution is -0.690. The van der Waals surface area contributed by atoms with Gasteiger partial charge in [0, 0.05) is 12.3 Å². The van der Waals surface area contributed by atoms with Crippen molar-refractivity contribution in [3.05, 3.63) is 94.4 Å². The second kappa shape index (κ2) is 13.3. The minimum Gasteiger partial charge on any atom is -0.466 e. The average molecular weight is 563 g/mol. The van der Waals surface area contributed by atoms with E-state index in [9.17, 15) is 19.2 Å². The number of ether oxygens (including phenoxy) is 4. The molecule has 0 N–H and O–H groups in total. The van der Waals surface area contributed by atoms with Crippen LogP contribution in [0.1, 0.15) is 28.2 Å². The highest BCUT2D eigenvalue weighted by atomic mass is 16.5. The molecular weight excluding hydrogens is 530 g/mol. The van der Waals surface area contributed by atoms with E-state index in [4.69, 9.17) is 18.9 Å². The van der Waals surface area contributed by atoms with Crippen LogP contribution in [0.15, 0.2) is 66.1 Å². The lowest BCUT2D eigenvalue weighted by Crippen LogP contribution is -2.40. The predicted molar refractivity (Wildman–Crippen MR) is 147 cm³/mol. The molecule has 41 heavy (non-hydrogen) atoms. The van der Waals surface area contributed by atoms with Crippen LogP contribution >= 0.6 is 0 Å². The highest BCUT2D eigenvalue weighted by Crippen LogP contribution is 2.30. The van der Waals surface area contributed by atoms with Crippen LogP contribution in [-0.2, 0) is 44.7 Å². The Morgan fingerprint density at radius 1 is 0.878 bits per heavy atom. The molecule has 11 nitrogen and oxygen atoms in total. The zero-order chi connectivity index (χ0) is 30.3. The van der Waals surface area contributed by atoms with Gasteiger partial charge in [-0.25, -0.2) is 23.7 Å². The first-order valence-corrected chi connectivity index (χ1v) is 12.5. The highest BCUT2D eigenvalue weighted by Gasteiger charge is 2.39. The molecular formula is C30H32N3O8+. The summed E-state index contributed by atoms with van der Waals surface area (Å²) in [7, 11) is 4.39. The predicted octanol–water partition coefficient (Wildman–Crippen LogP) is 2.51. The summed E-state index contributed by atoms with van der Waals surface area (Å²) >= 11 is 0. The van der Waals surface area contributed by atoms with Crippen molar-refractivity contribution in [2.75, 3.05) is 28.4 Å². The normalized spacial score (nSPS) is 11.8. The van der Waals surface area contributed by atoms with E-state index in [1.165, 1.54) is 0 Å². The first kappa shape index (κ1) is 30.5. The summed E-state index contributed by atoms with van der Waals surface area (Å²) in [5, 5.41) is 0. The van der Waals surface area contributed by atoms with Gasteiger partial charge in [-0.3, -0.25) is 4.98 Å².